The Kier molecular flexibility index (Phi) is 6.97. The first-order valence-electron chi connectivity index (χ1n) is 8.88. The molecule has 7 nitrogen and oxygen atoms in total. The van der Waals surface area contributed by atoms with Crippen LogP contribution in [0.3, 0.4) is 0 Å². The Balaban J connectivity index is 2.27. The van der Waals surface area contributed by atoms with Crippen LogP contribution in [0.15, 0.2) is 42.5 Å². The molecular formula is C20H23FN2O5S. The minimum Gasteiger partial charge on any atom is -0.462 e. The van der Waals surface area contributed by atoms with Gasteiger partial charge in [-0.15, -0.1) is 0 Å². The minimum atomic E-state index is -3.86. The Morgan fingerprint density at radius 1 is 1.21 bits per heavy atom. The normalized spacial score (nSPS) is 12.2. The zero-order chi connectivity index (χ0) is 21.8. The lowest BCUT2D eigenvalue weighted by molar-refractivity contribution is -0.116. The van der Waals surface area contributed by atoms with E-state index in [1.165, 1.54) is 31.2 Å². The van der Waals surface area contributed by atoms with Gasteiger partial charge in [0.25, 0.3) is 0 Å². The number of nitrogens with one attached hydrogen (secondary N) is 1. The summed E-state index contributed by atoms with van der Waals surface area (Å²) in [5.41, 5.74) is 1.41. The van der Waals surface area contributed by atoms with Crippen molar-refractivity contribution in [1.82, 2.24) is 0 Å². The van der Waals surface area contributed by atoms with Crippen molar-refractivity contribution in [2.24, 2.45) is 0 Å². The number of hydrogen-bond acceptors (Lipinski definition) is 5. The third kappa shape index (κ3) is 5.54. The van der Waals surface area contributed by atoms with Crippen molar-refractivity contribution in [2.75, 3.05) is 22.5 Å². The van der Waals surface area contributed by atoms with Gasteiger partial charge in [0.2, 0.25) is 15.9 Å². The number of anilines is 2. The fourth-order valence-corrected chi connectivity index (χ4v) is 3.97. The predicted molar refractivity (Wildman–Crippen MR) is 109 cm³/mol. The van der Waals surface area contributed by atoms with E-state index >= 15 is 0 Å². The summed E-state index contributed by atoms with van der Waals surface area (Å²) in [7, 11) is -3.86. The van der Waals surface area contributed by atoms with Crippen LogP contribution >= 0.6 is 0 Å². The van der Waals surface area contributed by atoms with Gasteiger partial charge in [0.05, 0.1) is 24.1 Å². The summed E-state index contributed by atoms with van der Waals surface area (Å²) in [5.74, 6) is -1.70. The van der Waals surface area contributed by atoms with Gasteiger partial charge in [0, 0.05) is 5.69 Å². The van der Waals surface area contributed by atoms with E-state index in [2.05, 4.69) is 5.32 Å². The summed E-state index contributed by atoms with van der Waals surface area (Å²) >= 11 is 0. The number of benzene rings is 2. The molecule has 0 fully saturated rings. The Bertz CT molecular complexity index is 1020. The van der Waals surface area contributed by atoms with Crippen LogP contribution in [0.25, 0.3) is 0 Å². The maximum absolute atomic E-state index is 13.6. The summed E-state index contributed by atoms with van der Waals surface area (Å²) < 4.78 is 43.9. The third-order valence-electron chi connectivity index (χ3n) is 4.15. The topological polar surface area (TPSA) is 92.8 Å². The molecule has 0 saturated heterocycles. The van der Waals surface area contributed by atoms with E-state index in [0.29, 0.717) is 16.8 Å². The van der Waals surface area contributed by atoms with Crippen LogP contribution in [0, 0.1) is 12.7 Å². The van der Waals surface area contributed by atoms with E-state index < -0.39 is 33.8 Å². The van der Waals surface area contributed by atoms with Gasteiger partial charge >= 0.3 is 5.97 Å². The number of carbonyl (C=O) groups excluding carboxylic acids is 2. The number of nitrogens with zero attached hydrogens (tertiary/aromatic N) is 1. The fraction of sp³-hybridized carbons (Fsp3) is 0.300. The van der Waals surface area contributed by atoms with Gasteiger partial charge in [-0.1, -0.05) is 6.07 Å². The van der Waals surface area contributed by atoms with Gasteiger partial charge in [-0.2, -0.15) is 0 Å². The maximum Gasteiger partial charge on any atom is 0.338 e. The number of rotatable bonds is 7. The highest BCUT2D eigenvalue weighted by Crippen LogP contribution is 2.23. The van der Waals surface area contributed by atoms with Crippen LogP contribution in [0.4, 0.5) is 15.8 Å². The quantitative estimate of drug-likeness (QED) is 0.692. The second-order valence-electron chi connectivity index (χ2n) is 6.45. The molecule has 2 rings (SSSR count). The molecule has 1 amide bonds. The Labute approximate surface area is 169 Å². The van der Waals surface area contributed by atoms with Crippen molar-refractivity contribution in [3.63, 3.8) is 0 Å². The first kappa shape index (κ1) is 22.4. The predicted octanol–water partition coefficient (Wildman–Crippen LogP) is 3.10. The SMILES string of the molecule is CCOC(=O)c1ccc(NC(=O)C(C)N(c2cccc(F)c2)S(C)(=O)=O)c(C)c1. The lowest BCUT2D eigenvalue weighted by atomic mass is 10.1. The van der Waals surface area contributed by atoms with Gasteiger partial charge in [0.15, 0.2) is 0 Å². The smallest absolute Gasteiger partial charge is 0.338 e. The van der Waals surface area contributed by atoms with Gasteiger partial charge < -0.3 is 10.1 Å². The van der Waals surface area contributed by atoms with E-state index in [1.54, 1.807) is 26.0 Å². The number of amides is 1. The second kappa shape index (κ2) is 9.04. The lowest BCUT2D eigenvalue weighted by Gasteiger charge is -2.28. The molecule has 0 bridgehead atoms. The third-order valence-corrected chi connectivity index (χ3v) is 5.39. The van der Waals surface area contributed by atoms with Gasteiger partial charge in [-0.3, -0.25) is 9.10 Å². The van der Waals surface area contributed by atoms with E-state index in [0.717, 1.165) is 16.6 Å². The zero-order valence-electron chi connectivity index (χ0n) is 16.6. The van der Waals surface area contributed by atoms with Gasteiger partial charge in [-0.25, -0.2) is 17.6 Å². The molecule has 1 atom stereocenters. The molecule has 0 aromatic heterocycles. The molecule has 0 saturated carbocycles. The Hall–Kier alpha value is -2.94. The van der Waals surface area contributed by atoms with E-state index in [-0.39, 0.29) is 12.3 Å². The molecule has 0 heterocycles. The van der Waals surface area contributed by atoms with Crippen molar-refractivity contribution in [3.05, 3.63) is 59.4 Å². The average molecular weight is 422 g/mol. The highest BCUT2D eigenvalue weighted by atomic mass is 32.2. The zero-order valence-corrected chi connectivity index (χ0v) is 17.4. The molecule has 156 valence electrons. The lowest BCUT2D eigenvalue weighted by Crippen LogP contribution is -2.45. The number of esters is 1. The van der Waals surface area contributed by atoms with Crippen LogP contribution in [0.1, 0.15) is 29.8 Å². The molecule has 0 radical (unpaired) electrons. The standard InChI is InChI=1S/C20H23FN2O5S/c1-5-28-20(25)15-9-10-18(13(2)11-15)22-19(24)14(3)23(29(4,26)27)17-8-6-7-16(21)12-17/h6-12,14H,5H2,1-4H3,(H,22,24). The number of ether oxygens (including phenoxy) is 1. The van der Waals surface area contributed by atoms with Crippen molar-refractivity contribution < 1.29 is 27.1 Å². The highest BCUT2D eigenvalue weighted by molar-refractivity contribution is 7.92. The molecule has 0 aliphatic rings. The molecule has 29 heavy (non-hydrogen) atoms. The number of aryl methyl sites for hydroxylation is 1. The molecule has 0 spiro atoms. The van der Waals surface area contributed by atoms with Crippen LogP contribution < -0.4 is 9.62 Å². The number of halogens is 1. The van der Waals surface area contributed by atoms with Crippen molar-refractivity contribution >= 4 is 33.3 Å². The molecule has 9 heteroatoms. The maximum atomic E-state index is 13.6. The van der Waals surface area contributed by atoms with E-state index in [4.69, 9.17) is 4.74 Å². The molecule has 0 aliphatic heterocycles. The van der Waals surface area contributed by atoms with Crippen LogP contribution in [-0.4, -0.2) is 39.2 Å². The van der Waals surface area contributed by atoms with Crippen molar-refractivity contribution in [3.8, 4) is 0 Å². The van der Waals surface area contributed by atoms with Crippen LogP contribution in [0.2, 0.25) is 0 Å². The number of carbonyl (C=O) groups is 2. The van der Waals surface area contributed by atoms with Crippen molar-refractivity contribution in [2.45, 2.75) is 26.8 Å². The molecule has 2 aromatic rings. The van der Waals surface area contributed by atoms with Gasteiger partial charge in [0.1, 0.15) is 11.9 Å². The molecule has 1 N–H and O–H groups in total. The summed E-state index contributed by atoms with van der Waals surface area (Å²) in [4.78, 5) is 24.5. The Morgan fingerprint density at radius 2 is 1.90 bits per heavy atom. The first-order chi connectivity index (χ1) is 13.5. The number of hydrogen-bond donors (Lipinski definition) is 1. The molecule has 0 aliphatic carbocycles. The summed E-state index contributed by atoms with van der Waals surface area (Å²) in [6.45, 7) is 5.05. The summed E-state index contributed by atoms with van der Waals surface area (Å²) in [5, 5.41) is 2.65. The number of sulfonamides is 1. The fourth-order valence-electron chi connectivity index (χ4n) is 2.80. The van der Waals surface area contributed by atoms with Gasteiger partial charge in [-0.05, 0) is 62.7 Å². The van der Waals surface area contributed by atoms with E-state index in [9.17, 15) is 22.4 Å². The van der Waals surface area contributed by atoms with Crippen molar-refractivity contribution in [1.29, 1.82) is 0 Å². The van der Waals surface area contributed by atoms with E-state index in [1.807, 2.05) is 0 Å². The average Bonchev–Trinajstić information content (AvgIpc) is 2.62. The highest BCUT2D eigenvalue weighted by Gasteiger charge is 2.29. The summed E-state index contributed by atoms with van der Waals surface area (Å²) in [6, 6.07) is 8.48. The van der Waals surface area contributed by atoms with Crippen LogP contribution in [-0.2, 0) is 19.6 Å². The molecule has 2 aromatic carbocycles. The second-order valence-corrected chi connectivity index (χ2v) is 8.31. The molecule has 1 unspecified atom stereocenters. The molecular weight excluding hydrogens is 399 g/mol. The minimum absolute atomic E-state index is 0.0459. The monoisotopic (exact) mass is 422 g/mol. The summed E-state index contributed by atoms with van der Waals surface area (Å²) in [6.07, 6.45) is 0.946. The Morgan fingerprint density at radius 3 is 2.45 bits per heavy atom. The van der Waals surface area contributed by atoms with Crippen LogP contribution in [0.5, 0.6) is 0 Å². The largest absolute Gasteiger partial charge is 0.462 e. The first-order valence-corrected chi connectivity index (χ1v) is 10.7.